The quantitative estimate of drug-likeness (QED) is 0.697. The lowest BCUT2D eigenvalue weighted by Gasteiger charge is -2.04. The first-order chi connectivity index (χ1) is 6.06. The third-order valence-electron chi connectivity index (χ3n) is 1.70. The summed E-state index contributed by atoms with van der Waals surface area (Å²) in [5.74, 6) is -1.87. The van der Waals surface area contributed by atoms with Gasteiger partial charge in [0.05, 0.1) is 16.5 Å². The molecule has 1 unspecified atom stereocenters. The third kappa shape index (κ3) is 2.04. The van der Waals surface area contributed by atoms with E-state index in [0.29, 0.717) is 5.56 Å². The fourth-order valence-electron chi connectivity index (χ4n) is 0.900. The molecule has 0 radical (unpaired) electrons. The monoisotopic (exact) mass is 245 g/mol. The van der Waals surface area contributed by atoms with E-state index in [9.17, 15) is 8.78 Å². The molecule has 1 nitrogen and oxygen atoms in total. The van der Waals surface area contributed by atoms with Gasteiger partial charge in [0, 0.05) is 0 Å². The van der Waals surface area contributed by atoms with Crippen LogP contribution in [0, 0.1) is 23.0 Å². The third-order valence-corrected chi connectivity index (χ3v) is 2.46. The van der Waals surface area contributed by atoms with Crippen LogP contribution < -0.4 is 0 Å². The Balaban J connectivity index is 3.22. The summed E-state index contributed by atoms with van der Waals surface area (Å²) in [6.07, 6.45) is 0. The Hall–Kier alpha value is -0.950. The van der Waals surface area contributed by atoms with Crippen LogP contribution in [-0.2, 0) is 0 Å². The highest BCUT2D eigenvalue weighted by Crippen LogP contribution is 2.24. The van der Waals surface area contributed by atoms with Gasteiger partial charge in [0.2, 0.25) is 0 Å². The molecule has 0 saturated heterocycles. The minimum Gasteiger partial charge on any atom is -0.206 e. The van der Waals surface area contributed by atoms with Gasteiger partial charge >= 0.3 is 0 Å². The average Bonchev–Trinajstić information content (AvgIpc) is 2.12. The van der Waals surface area contributed by atoms with Crippen molar-refractivity contribution in [1.29, 1.82) is 5.26 Å². The zero-order chi connectivity index (χ0) is 10.0. The smallest absolute Gasteiger partial charge is 0.140 e. The summed E-state index contributed by atoms with van der Waals surface area (Å²) in [7, 11) is 0. The van der Waals surface area contributed by atoms with Gasteiger partial charge in [-0.1, -0.05) is 0 Å². The lowest BCUT2D eigenvalue weighted by atomic mass is 10.0. The largest absolute Gasteiger partial charge is 0.206 e. The first-order valence-electron chi connectivity index (χ1n) is 3.60. The van der Waals surface area contributed by atoms with Crippen molar-refractivity contribution in [1.82, 2.24) is 0 Å². The van der Waals surface area contributed by atoms with Crippen molar-refractivity contribution in [3.8, 4) is 6.07 Å². The molecule has 0 aliphatic heterocycles. The Morgan fingerprint density at radius 3 is 2.23 bits per heavy atom. The van der Waals surface area contributed by atoms with Crippen LogP contribution in [-0.4, -0.2) is 0 Å². The van der Waals surface area contributed by atoms with Crippen molar-refractivity contribution in [2.45, 2.75) is 12.8 Å². The minimum absolute atomic E-state index is 0.193. The Labute approximate surface area is 83.1 Å². The molecule has 0 saturated carbocycles. The molecule has 0 aliphatic rings. The first-order valence-corrected chi connectivity index (χ1v) is 4.39. The molecule has 1 atom stereocenters. The molecule has 4 heteroatoms. The standard InChI is InChI=1S/C9H6BrF2N/c1-5(4-13)6-2-7(11)9(10)8(12)3-6/h2-3,5H,1H3. The van der Waals surface area contributed by atoms with Gasteiger partial charge in [-0.15, -0.1) is 0 Å². The summed E-state index contributed by atoms with van der Waals surface area (Å²) in [5, 5.41) is 8.53. The van der Waals surface area contributed by atoms with E-state index in [0.717, 1.165) is 12.1 Å². The van der Waals surface area contributed by atoms with Crippen molar-refractivity contribution < 1.29 is 8.78 Å². The van der Waals surface area contributed by atoms with Crippen molar-refractivity contribution in [3.05, 3.63) is 33.8 Å². The number of hydrogen-bond acceptors (Lipinski definition) is 1. The molecule has 0 fully saturated rings. The number of benzene rings is 1. The van der Waals surface area contributed by atoms with Crippen LogP contribution in [0.2, 0.25) is 0 Å². The van der Waals surface area contributed by atoms with Crippen LogP contribution in [0.4, 0.5) is 8.78 Å². The number of rotatable bonds is 1. The van der Waals surface area contributed by atoms with Crippen LogP contribution in [0.15, 0.2) is 16.6 Å². The van der Waals surface area contributed by atoms with Crippen LogP contribution in [0.5, 0.6) is 0 Å². The molecule has 0 amide bonds. The molecule has 68 valence electrons. The van der Waals surface area contributed by atoms with E-state index in [4.69, 9.17) is 5.26 Å². The normalized spacial score (nSPS) is 12.2. The predicted octanol–water partition coefficient (Wildman–Crippen LogP) is 3.35. The van der Waals surface area contributed by atoms with Crippen LogP contribution in [0.25, 0.3) is 0 Å². The molecule has 1 aromatic rings. The average molecular weight is 246 g/mol. The number of nitrogens with zero attached hydrogens (tertiary/aromatic N) is 1. The topological polar surface area (TPSA) is 23.8 Å². The van der Waals surface area contributed by atoms with E-state index < -0.39 is 17.6 Å². The van der Waals surface area contributed by atoms with Crippen LogP contribution >= 0.6 is 15.9 Å². The van der Waals surface area contributed by atoms with E-state index in [1.165, 1.54) is 0 Å². The van der Waals surface area contributed by atoms with Crippen LogP contribution in [0.1, 0.15) is 18.4 Å². The van der Waals surface area contributed by atoms with E-state index in [1.54, 1.807) is 6.92 Å². The predicted molar refractivity (Wildman–Crippen MR) is 48.1 cm³/mol. The molecule has 0 N–H and O–H groups in total. The molecular weight excluding hydrogens is 240 g/mol. The summed E-state index contributed by atoms with van der Waals surface area (Å²) < 4.78 is 25.7. The fourth-order valence-corrected chi connectivity index (χ4v) is 1.13. The Morgan fingerprint density at radius 1 is 1.38 bits per heavy atom. The first kappa shape index (κ1) is 10.1. The van der Waals surface area contributed by atoms with Crippen molar-refractivity contribution in [3.63, 3.8) is 0 Å². The van der Waals surface area contributed by atoms with Gasteiger partial charge in [-0.25, -0.2) is 8.78 Å². The van der Waals surface area contributed by atoms with Gasteiger partial charge in [0.25, 0.3) is 0 Å². The molecule has 0 aliphatic carbocycles. The minimum atomic E-state index is -0.683. The highest BCUT2D eigenvalue weighted by molar-refractivity contribution is 9.10. The van der Waals surface area contributed by atoms with E-state index >= 15 is 0 Å². The van der Waals surface area contributed by atoms with E-state index in [-0.39, 0.29) is 4.47 Å². The fraction of sp³-hybridized carbons (Fsp3) is 0.222. The highest BCUT2D eigenvalue weighted by Gasteiger charge is 2.11. The number of halogens is 3. The molecule has 1 rings (SSSR count). The Morgan fingerprint density at radius 2 is 1.85 bits per heavy atom. The lowest BCUT2D eigenvalue weighted by Crippen LogP contribution is -1.94. The van der Waals surface area contributed by atoms with E-state index in [2.05, 4.69) is 15.9 Å². The van der Waals surface area contributed by atoms with Gasteiger partial charge < -0.3 is 0 Å². The van der Waals surface area contributed by atoms with Crippen molar-refractivity contribution in [2.24, 2.45) is 0 Å². The van der Waals surface area contributed by atoms with E-state index in [1.807, 2.05) is 6.07 Å². The van der Waals surface area contributed by atoms with Crippen LogP contribution in [0.3, 0.4) is 0 Å². The second kappa shape index (κ2) is 3.84. The van der Waals surface area contributed by atoms with Crippen molar-refractivity contribution in [2.75, 3.05) is 0 Å². The number of hydrogen-bond donors (Lipinski definition) is 0. The van der Waals surface area contributed by atoms with Gasteiger partial charge in [0.1, 0.15) is 11.6 Å². The molecule has 0 bridgehead atoms. The lowest BCUT2D eigenvalue weighted by molar-refractivity contribution is 0.567. The Bertz CT molecular complexity index is 347. The summed E-state index contributed by atoms with van der Waals surface area (Å²) in [6, 6.07) is 4.21. The maximum Gasteiger partial charge on any atom is 0.140 e. The van der Waals surface area contributed by atoms with Crippen molar-refractivity contribution >= 4 is 15.9 Å². The highest BCUT2D eigenvalue weighted by atomic mass is 79.9. The molecular formula is C9H6BrF2N. The molecule has 0 aromatic heterocycles. The maximum atomic E-state index is 12.9. The SMILES string of the molecule is CC(C#N)c1cc(F)c(Br)c(F)c1. The zero-order valence-corrected chi connectivity index (χ0v) is 8.40. The van der Waals surface area contributed by atoms with Gasteiger partial charge in [0.15, 0.2) is 0 Å². The second-order valence-corrected chi connectivity index (χ2v) is 3.44. The maximum absolute atomic E-state index is 12.9. The van der Waals surface area contributed by atoms with Gasteiger partial charge in [-0.05, 0) is 40.5 Å². The summed E-state index contributed by atoms with van der Waals surface area (Å²) in [6.45, 7) is 1.59. The summed E-state index contributed by atoms with van der Waals surface area (Å²) in [5.41, 5.74) is 0.348. The summed E-state index contributed by atoms with van der Waals surface area (Å²) >= 11 is 2.75. The molecule has 0 spiro atoms. The molecule has 1 aromatic carbocycles. The zero-order valence-electron chi connectivity index (χ0n) is 6.81. The van der Waals surface area contributed by atoms with Gasteiger partial charge in [-0.2, -0.15) is 5.26 Å². The Kier molecular flexibility index (Phi) is 2.99. The molecule has 0 heterocycles. The second-order valence-electron chi connectivity index (χ2n) is 2.65. The molecule has 13 heavy (non-hydrogen) atoms. The number of nitriles is 1. The summed E-state index contributed by atoms with van der Waals surface area (Å²) in [4.78, 5) is 0. The van der Waals surface area contributed by atoms with Gasteiger partial charge in [-0.3, -0.25) is 0 Å².